The highest BCUT2D eigenvalue weighted by atomic mass is 16.5. The molecular formula is C43H39N5O6. The predicted molar refractivity (Wildman–Crippen MR) is 208 cm³/mol. The number of carbonyl (C=O) groups is 2. The Hall–Kier alpha value is -6.67. The van der Waals surface area contributed by atoms with E-state index in [1.54, 1.807) is 48.3 Å². The average molecular weight is 722 g/mol. The first-order valence-corrected chi connectivity index (χ1v) is 17.7. The van der Waals surface area contributed by atoms with Crippen molar-refractivity contribution in [3.8, 4) is 35.3 Å². The summed E-state index contributed by atoms with van der Waals surface area (Å²) in [4.78, 5) is 36.0. The van der Waals surface area contributed by atoms with Gasteiger partial charge in [-0.2, -0.15) is 0 Å². The molecule has 4 aliphatic heterocycles. The van der Waals surface area contributed by atoms with Crippen LogP contribution in [0.3, 0.4) is 0 Å². The highest BCUT2D eigenvalue weighted by molar-refractivity contribution is 6.14. The topological polar surface area (TPSA) is 128 Å². The molecule has 0 spiro atoms. The monoisotopic (exact) mass is 721 g/mol. The second-order valence-electron chi connectivity index (χ2n) is 13.5. The third kappa shape index (κ3) is 6.05. The number of aliphatic imine (C=N–C) groups is 1. The smallest absolute Gasteiger partial charge is 0.261 e. The van der Waals surface area contributed by atoms with Crippen molar-refractivity contribution in [3.05, 3.63) is 118 Å². The van der Waals surface area contributed by atoms with E-state index in [4.69, 9.17) is 36.1 Å². The summed E-state index contributed by atoms with van der Waals surface area (Å²) < 4.78 is 23.9. The number of carbonyl (C=O) groups excluding carboxylic acids is 2. The number of hydrogen-bond acceptors (Lipinski definition) is 9. The van der Waals surface area contributed by atoms with E-state index >= 15 is 0 Å². The van der Waals surface area contributed by atoms with Gasteiger partial charge >= 0.3 is 0 Å². The third-order valence-electron chi connectivity index (χ3n) is 10.1. The molecule has 4 aromatic rings. The molecule has 4 heterocycles. The van der Waals surface area contributed by atoms with Crippen molar-refractivity contribution in [2.75, 3.05) is 36.7 Å². The summed E-state index contributed by atoms with van der Waals surface area (Å²) in [7, 11) is 3.08. The zero-order chi connectivity index (χ0) is 37.5. The molecule has 0 bridgehead atoms. The van der Waals surface area contributed by atoms with Crippen LogP contribution in [0.15, 0.2) is 95.1 Å². The molecule has 54 heavy (non-hydrogen) atoms. The number of ether oxygens (including phenoxy) is 4. The zero-order valence-corrected chi connectivity index (χ0v) is 30.2. The van der Waals surface area contributed by atoms with Gasteiger partial charge in [0.15, 0.2) is 23.0 Å². The number of hydrogen-bond donors (Lipinski definition) is 2. The van der Waals surface area contributed by atoms with Gasteiger partial charge in [-0.25, -0.2) is 0 Å². The van der Waals surface area contributed by atoms with Crippen LogP contribution in [0.5, 0.6) is 23.0 Å². The summed E-state index contributed by atoms with van der Waals surface area (Å²) in [6.07, 6.45) is 12.7. The van der Waals surface area contributed by atoms with Crippen LogP contribution >= 0.6 is 0 Å². The van der Waals surface area contributed by atoms with E-state index in [1.165, 1.54) is 0 Å². The van der Waals surface area contributed by atoms with Crippen LogP contribution in [0.2, 0.25) is 0 Å². The maximum atomic E-state index is 13.9. The number of allylic oxidation sites excluding steroid dienone is 2. The number of terminal acetylenes is 1. The number of nitrogen functional groups attached to an aromatic ring is 1. The summed E-state index contributed by atoms with van der Waals surface area (Å²) in [5, 5.41) is 3.43. The molecule has 11 heteroatoms. The lowest BCUT2D eigenvalue weighted by Crippen LogP contribution is -2.37. The second kappa shape index (κ2) is 14.0. The summed E-state index contributed by atoms with van der Waals surface area (Å²) in [5.41, 5.74) is 14.2. The minimum atomic E-state index is -0.163. The molecule has 272 valence electrons. The fourth-order valence-electron chi connectivity index (χ4n) is 7.67. The number of amides is 2. The summed E-state index contributed by atoms with van der Waals surface area (Å²) in [5.74, 6) is 4.23. The van der Waals surface area contributed by atoms with Gasteiger partial charge in [-0.1, -0.05) is 30.2 Å². The Balaban J connectivity index is 0.991. The number of anilines is 3. The Bertz CT molecular complexity index is 2340. The Morgan fingerprint density at radius 2 is 1.57 bits per heavy atom. The van der Waals surface area contributed by atoms with Crippen LogP contribution in [0, 0.1) is 12.3 Å². The predicted octanol–water partition coefficient (Wildman–Crippen LogP) is 6.83. The van der Waals surface area contributed by atoms with Crippen LogP contribution in [0.4, 0.5) is 22.7 Å². The van der Waals surface area contributed by atoms with Crippen LogP contribution in [-0.2, 0) is 19.6 Å². The van der Waals surface area contributed by atoms with Gasteiger partial charge in [0, 0.05) is 54.7 Å². The van der Waals surface area contributed by atoms with Gasteiger partial charge in [-0.3, -0.25) is 19.5 Å². The second-order valence-corrected chi connectivity index (χ2v) is 13.5. The van der Waals surface area contributed by atoms with Gasteiger partial charge in [0.1, 0.15) is 13.2 Å². The lowest BCUT2D eigenvalue weighted by Gasteiger charge is -2.24. The van der Waals surface area contributed by atoms with Gasteiger partial charge in [0.2, 0.25) is 0 Å². The SMILES string of the molecule is C#CC1=C(/C=C\C)N2C(=O)c3cc(OC)c(OCc4cc(N)cc(COc5cc6c(cc5OC)C(=O)N5c7ccccc7C[C@H]5C=N6)c4)cc3NC[C@@H]2C1. The molecule has 0 saturated carbocycles. The number of benzene rings is 4. The van der Waals surface area contributed by atoms with Gasteiger partial charge in [-0.15, -0.1) is 6.42 Å². The Kier molecular flexibility index (Phi) is 8.95. The summed E-state index contributed by atoms with van der Waals surface area (Å²) in [6.45, 7) is 2.78. The Labute approximate surface area is 313 Å². The van der Waals surface area contributed by atoms with Gasteiger partial charge in [0.05, 0.1) is 54.5 Å². The first-order valence-electron chi connectivity index (χ1n) is 17.7. The average Bonchev–Trinajstić information content (AvgIpc) is 3.66. The van der Waals surface area contributed by atoms with Gasteiger partial charge in [-0.05, 0) is 66.1 Å². The number of para-hydroxylation sites is 1. The van der Waals surface area contributed by atoms with Crippen molar-refractivity contribution >= 4 is 40.8 Å². The molecule has 0 saturated heterocycles. The molecule has 0 aromatic heterocycles. The minimum absolute atomic E-state index is 0.109. The van der Waals surface area contributed by atoms with Crippen molar-refractivity contribution in [1.29, 1.82) is 0 Å². The van der Waals surface area contributed by atoms with Crippen LogP contribution in [-0.4, -0.2) is 55.8 Å². The number of fused-ring (bicyclic) bond motifs is 6. The lowest BCUT2D eigenvalue weighted by molar-refractivity contribution is 0.0784. The maximum absolute atomic E-state index is 13.9. The molecule has 3 N–H and O–H groups in total. The van der Waals surface area contributed by atoms with E-state index in [9.17, 15) is 9.59 Å². The highest BCUT2D eigenvalue weighted by Gasteiger charge is 2.39. The Morgan fingerprint density at radius 1 is 0.889 bits per heavy atom. The van der Waals surface area contributed by atoms with E-state index in [-0.39, 0.29) is 37.1 Å². The molecule has 11 nitrogen and oxygen atoms in total. The van der Waals surface area contributed by atoms with E-state index in [2.05, 4.69) is 11.2 Å². The lowest BCUT2D eigenvalue weighted by atomic mass is 10.1. The van der Waals surface area contributed by atoms with Gasteiger partial charge < -0.3 is 34.9 Å². The van der Waals surface area contributed by atoms with Crippen LogP contribution < -0.4 is 34.9 Å². The summed E-state index contributed by atoms with van der Waals surface area (Å²) in [6, 6.07) is 20.2. The summed E-state index contributed by atoms with van der Waals surface area (Å²) >= 11 is 0. The minimum Gasteiger partial charge on any atom is -0.493 e. The first-order chi connectivity index (χ1) is 26.3. The van der Waals surface area contributed by atoms with E-state index < -0.39 is 0 Å². The van der Waals surface area contributed by atoms with E-state index in [0.29, 0.717) is 70.6 Å². The fourth-order valence-corrected chi connectivity index (χ4v) is 7.67. The fraction of sp³-hybridized carbons (Fsp3) is 0.233. The normalized spacial score (nSPS) is 18.2. The molecule has 4 aliphatic rings. The van der Waals surface area contributed by atoms with Crippen molar-refractivity contribution in [1.82, 2.24) is 4.90 Å². The van der Waals surface area contributed by atoms with Crippen LogP contribution in [0.25, 0.3) is 0 Å². The van der Waals surface area contributed by atoms with E-state index in [0.717, 1.165) is 33.6 Å². The van der Waals surface area contributed by atoms with E-state index in [1.807, 2.05) is 67.8 Å². The molecule has 0 aliphatic carbocycles. The zero-order valence-electron chi connectivity index (χ0n) is 30.2. The number of nitrogens with two attached hydrogens (primary N) is 1. The largest absolute Gasteiger partial charge is 0.493 e. The van der Waals surface area contributed by atoms with Crippen LogP contribution in [0.1, 0.15) is 50.8 Å². The number of nitrogens with one attached hydrogen (secondary N) is 1. The Morgan fingerprint density at radius 3 is 2.28 bits per heavy atom. The van der Waals surface area contributed by atoms with Crippen molar-refractivity contribution in [2.45, 2.75) is 45.1 Å². The molecule has 2 atom stereocenters. The third-order valence-corrected chi connectivity index (χ3v) is 10.1. The van der Waals surface area contributed by atoms with Crippen molar-refractivity contribution in [3.63, 3.8) is 0 Å². The quantitative estimate of drug-likeness (QED) is 0.142. The molecule has 4 aromatic carbocycles. The number of methoxy groups -OCH3 is 2. The molecular weight excluding hydrogens is 683 g/mol. The van der Waals surface area contributed by atoms with Gasteiger partial charge in [0.25, 0.3) is 11.8 Å². The standard InChI is InChI=1S/C43H39N5O6/c1-5-9-36-27(6-2)15-30-21-45-34-19-40(38(51-3)17-32(34)42(49)47(30)36)53-23-25-12-26(14-29(44)13-25)24-54-41-20-35-33(18-39(41)52-4)43(50)48-31(22-46-35)16-28-10-7-8-11-37(28)48/h2,5,7-14,17-20,22,30-31,45H,15-16,21,23-24,44H2,1,3-4H3/b9-5-/t30-,31-/m0/s1. The first kappa shape index (κ1) is 34.4. The van der Waals surface area contributed by atoms with Crippen molar-refractivity contribution < 1.29 is 28.5 Å². The molecule has 0 fully saturated rings. The van der Waals surface area contributed by atoms with Crippen molar-refractivity contribution in [2.24, 2.45) is 4.99 Å². The molecule has 8 rings (SSSR count). The number of rotatable bonds is 9. The molecule has 2 amide bonds. The number of nitrogens with zero attached hydrogens (tertiary/aromatic N) is 3. The molecule has 0 radical (unpaired) electrons. The molecule has 0 unspecified atom stereocenters. The highest BCUT2D eigenvalue weighted by Crippen LogP contribution is 2.42. The maximum Gasteiger partial charge on any atom is 0.261 e.